The van der Waals surface area contributed by atoms with E-state index in [-0.39, 0.29) is 36.4 Å². The standard InChI is InChI=1S/C54H84O23/c1-22(23(2)71-24(3)57)45(68)70-21-54-26-16-49(4,5)43(42(54)65)73-32(54)17-53(9)25(26)10-11-30-50(6)14-13-31(51(7,20-56)29(50)12-15-52(30,53)8)74-48-40(76-46-36(62)33(59)27(58)19-69-46)38(64)39(41(77-48)44(66)67)75-47-37(63)35(61)34(60)28(18-55)72-47/h10,22-23,26-43,46-48,55-56,58-65H,11-21H2,1-9H3,(H,66,67)/t22-,23+,26+,27-,28-,29-,30-,31-,32-,33+,34-,35+,36-,37-,38+,39+,40-,41+,42+,43-,46+,47+,48-,50+,51-,52-,53-,54+/m1/s1. The Balaban J connectivity index is 0.998. The van der Waals surface area contributed by atoms with Gasteiger partial charge in [-0.2, -0.15) is 0 Å². The maximum atomic E-state index is 13.6. The summed E-state index contributed by atoms with van der Waals surface area (Å²) in [5, 5.41) is 120. The Kier molecular flexibility index (Phi) is 16.1. The minimum absolute atomic E-state index is 0.0482. The number of carbonyl (C=O) groups excluding carboxylic acids is 2. The van der Waals surface area contributed by atoms with E-state index in [1.807, 2.05) is 6.92 Å². The fourth-order valence-corrected chi connectivity index (χ4v) is 16.5. The van der Waals surface area contributed by atoms with Gasteiger partial charge in [0.25, 0.3) is 0 Å². The van der Waals surface area contributed by atoms with Crippen molar-refractivity contribution >= 4 is 17.9 Å². The third-order valence-electron chi connectivity index (χ3n) is 21.3. The SMILES string of the molecule is CC(=O)O[C@@H](C)[C@@H](C)C(=O)OC[C@@]12[C@H]3C[C@]4(C)C(=CC[C@@H]5[C@@]6(C)CC[C@@H](O[C@@H]7O[C@H](C(=O)O)[C@@H](O[C@@H]8O[C@H](CO)[C@@H](O)[C@H](O)[C@H]8O)[C@H](O)[C@H]7O[C@@H]7OC[C@@H](O)[C@H](O)[C@H]7O)[C@](C)(CO)[C@@H]6CC[C@]54C)[C@@H]1CC(C)(C)[C@H](O3)[C@@H]2O. The molecular formula is C54H84O23. The molecule has 438 valence electrons. The highest BCUT2D eigenvalue weighted by molar-refractivity contribution is 5.74. The molecule has 0 spiro atoms. The van der Waals surface area contributed by atoms with Crippen LogP contribution in [0.5, 0.6) is 0 Å². The van der Waals surface area contributed by atoms with Crippen LogP contribution in [0.4, 0.5) is 0 Å². The number of aliphatic hydroxyl groups excluding tert-OH is 10. The molecule has 9 rings (SSSR count). The van der Waals surface area contributed by atoms with Crippen molar-refractivity contribution in [2.45, 2.75) is 224 Å². The van der Waals surface area contributed by atoms with Gasteiger partial charge in [0.2, 0.25) is 0 Å². The Labute approximate surface area is 448 Å². The summed E-state index contributed by atoms with van der Waals surface area (Å²) in [6, 6.07) is 0. The van der Waals surface area contributed by atoms with Gasteiger partial charge in [0.05, 0.1) is 55.6 Å². The zero-order chi connectivity index (χ0) is 56.4. The van der Waals surface area contributed by atoms with Crippen molar-refractivity contribution in [1.29, 1.82) is 0 Å². The summed E-state index contributed by atoms with van der Waals surface area (Å²) < 4.78 is 54.3. The molecule has 23 nitrogen and oxygen atoms in total. The molecule has 11 N–H and O–H groups in total. The Morgan fingerprint density at radius 3 is 2.08 bits per heavy atom. The molecule has 0 aromatic rings. The zero-order valence-electron chi connectivity index (χ0n) is 45.5. The lowest BCUT2D eigenvalue weighted by Gasteiger charge is -2.71. The number of fused-ring (bicyclic) bond motifs is 7. The average Bonchev–Trinajstić information content (AvgIpc) is 3.95. The molecule has 0 radical (unpaired) electrons. The Bertz CT molecular complexity index is 2230. The van der Waals surface area contributed by atoms with Gasteiger partial charge in [-0.25, -0.2) is 4.79 Å². The van der Waals surface area contributed by atoms with E-state index < -0.39 is 181 Å². The Hall–Kier alpha value is -2.53. The van der Waals surface area contributed by atoms with E-state index in [0.29, 0.717) is 44.9 Å². The molecule has 8 fully saturated rings. The van der Waals surface area contributed by atoms with Gasteiger partial charge in [-0.1, -0.05) is 53.2 Å². The molecule has 23 heteroatoms. The van der Waals surface area contributed by atoms with Crippen LogP contribution in [0.25, 0.3) is 0 Å². The molecule has 4 heterocycles. The van der Waals surface area contributed by atoms with E-state index in [2.05, 4.69) is 40.7 Å². The molecule has 2 bridgehead atoms. The lowest BCUT2D eigenvalue weighted by Crippen LogP contribution is -2.69. The monoisotopic (exact) mass is 1100 g/mol. The van der Waals surface area contributed by atoms with E-state index in [1.54, 1.807) is 13.8 Å². The molecule has 4 aliphatic heterocycles. The molecule has 0 amide bonds. The minimum atomic E-state index is -2.09. The largest absolute Gasteiger partial charge is 0.479 e. The van der Waals surface area contributed by atoms with E-state index in [4.69, 9.17) is 42.6 Å². The summed E-state index contributed by atoms with van der Waals surface area (Å²) in [4.78, 5) is 38.4. The van der Waals surface area contributed by atoms with Gasteiger partial charge >= 0.3 is 17.9 Å². The topological polar surface area (TPSA) is 357 Å². The average molecular weight is 1100 g/mol. The number of carboxylic acids is 1. The van der Waals surface area contributed by atoms with Gasteiger partial charge in [0.1, 0.15) is 73.8 Å². The highest BCUT2D eigenvalue weighted by Gasteiger charge is 2.76. The van der Waals surface area contributed by atoms with E-state index in [1.165, 1.54) is 12.5 Å². The van der Waals surface area contributed by atoms with Gasteiger partial charge in [0.15, 0.2) is 25.0 Å². The number of ether oxygens (including phenoxy) is 9. The predicted molar refractivity (Wildman–Crippen MR) is 261 cm³/mol. The number of esters is 2. The smallest absolute Gasteiger partial charge is 0.335 e. The molecule has 4 saturated heterocycles. The lowest BCUT2D eigenvalue weighted by molar-refractivity contribution is -0.387. The molecular weight excluding hydrogens is 1020 g/mol. The number of allylic oxidation sites excluding steroid dienone is 2. The van der Waals surface area contributed by atoms with Crippen LogP contribution in [0.1, 0.15) is 107 Å². The van der Waals surface area contributed by atoms with Gasteiger partial charge in [-0.15, -0.1) is 0 Å². The molecule has 28 atom stereocenters. The van der Waals surface area contributed by atoms with Crippen LogP contribution in [-0.4, -0.2) is 217 Å². The molecule has 5 aliphatic carbocycles. The first kappa shape index (κ1) is 59.1. The maximum Gasteiger partial charge on any atom is 0.335 e. The maximum absolute atomic E-state index is 13.6. The third kappa shape index (κ3) is 9.25. The fraction of sp³-hybridized carbons (Fsp3) is 0.907. The molecule has 0 unspecified atom stereocenters. The molecule has 0 aromatic heterocycles. The van der Waals surface area contributed by atoms with Crippen molar-refractivity contribution in [3.8, 4) is 0 Å². The first-order valence-corrected chi connectivity index (χ1v) is 27.4. The van der Waals surface area contributed by atoms with Crippen molar-refractivity contribution < 1.29 is 113 Å². The number of aliphatic carboxylic acids is 1. The third-order valence-corrected chi connectivity index (χ3v) is 21.3. The molecule has 77 heavy (non-hydrogen) atoms. The quantitative estimate of drug-likeness (QED) is 0.0588. The van der Waals surface area contributed by atoms with Crippen molar-refractivity contribution in [3.63, 3.8) is 0 Å². The minimum Gasteiger partial charge on any atom is -0.479 e. The van der Waals surface area contributed by atoms with Crippen LogP contribution in [0.15, 0.2) is 11.6 Å². The van der Waals surface area contributed by atoms with Crippen molar-refractivity contribution in [1.82, 2.24) is 0 Å². The number of aliphatic hydroxyl groups is 10. The first-order chi connectivity index (χ1) is 36.0. The van der Waals surface area contributed by atoms with Crippen molar-refractivity contribution in [2.75, 3.05) is 26.4 Å². The summed E-state index contributed by atoms with van der Waals surface area (Å²) >= 11 is 0. The fourth-order valence-electron chi connectivity index (χ4n) is 16.5. The van der Waals surface area contributed by atoms with Crippen LogP contribution in [-0.2, 0) is 57.0 Å². The predicted octanol–water partition coefficient (Wildman–Crippen LogP) is -0.586. The number of carbonyl (C=O) groups is 3. The molecule has 0 aromatic carbocycles. The van der Waals surface area contributed by atoms with Gasteiger partial charge in [0, 0.05) is 12.3 Å². The van der Waals surface area contributed by atoms with Crippen molar-refractivity contribution in [2.24, 2.45) is 56.2 Å². The van der Waals surface area contributed by atoms with Crippen LogP contribution < -0.4 is 0 Å². The van der Waals surface area contributed by atoms with Gasteiger partial charge in [-0.3, -0.25) is 9.59 Å². The second kappa shape index (κ2) is 21.0. The van der Waals surface area contributed by atoms with Gasteiger partial charge in [-0.05, 0) is 98.2 Å². The second-order valence-electron chi connectivity index (χ2n) is 25.8. The van der Waals surface area contributed by atoms with Crippen molar-refractivity contribution in [3.05, 3.63) is 11.6 Å². The number of rotatable bonds is 14. The summed E-state index contributed by atoms with van der Waals surface area (Å²) in [5.41, 5.74) is -2.40. The van der Waals surface area contributed by atoms with Gasteiger partial charge < -0.3 is 98.8 Å². The highest BCUT2D eigenvalue weighted by Crippen LogP contribution is 2.77. The highest BCUT2D eigenvalue weighted by atomic mass is 16.8. The van der Waals surface area contributed by atoms with E-state index in [9.17, 15) is 70.6 Å². The molecule has 9 aliphatic rings. The Morgan fingerprint density at radius 2 is 1.43 bits per heavy atom. The summed E-state index contributed by atoms with van der Waals surface area (Å²) in [7, 11) is 0. The van der Waals surface area contributed by atoms with E-state index in [0.717, 1.165) is 0 Å². The number of hydrogen-bond acceptors (Lipinski definition) is 22. The van der Waals surface area contributed by atoms with E-state index >= 15 is 0 Å². The summed E-state index contributed by atoms with van der Waals surface area (Å²) in [6.45, 7) is 15.8. The zero-order valence-corrected chi connectivity index (χ0v) is 45.5. The van der Waals surface area contributed by atoms with Crippen LogP contribution in [0.3, 0.4) is 0 Å². The van der Waals surface area contributed by atoms with Crippen LogP contribution in [0, 0.1) is 56.2 Å². The summed E-state index contributed by atoms with van der Waals surface area (Å²) in [5.74, 6) is -3.82. The number of carboxylic acid groups (broad SMARTS) is 1. The Morgan fingerprint density at radius 1 is 0.753 bits per heavy atom. The molecule has 4 saturated carbocycles. The first-order valence-electron chi connectivity index (χ1n) is 27.4. The number of hydrogen-bond donors (Lipinski definition) is 11. The lowest BCUT2D eigenvalue weighted by atomic mass is 9.33. The summed E-state index contributed by atoms with van der Waals surface area (Å²) in [6.07, 6.45) is -22.8. The van der Waals surface area contributed by atoms with Crippen LogP contribution >= 0.6 is 0 Å². The second-order valence-corrected chi connectivity index (χ2v) is 25.8. The van der Waals surface area contributed by atoms with Crippen LogP contribution in [0.2, 0.25) is 0 Å². The normalized spacial score (nSPS) is 51.7.